The standard InChI is InChI=1S/C11H12N4OS/c1-17-9-5-3-2-4-8(9)6-10(16)14-11-12-7-13-15-11/h2-5,7H,6H2,1H3,(H2,12,13,14,15,16). The highest BCUT2D eigenvalue weighted by atomic mass is 32.2. The molecule has 1 aromatic carbocycles. The molecule has 0 unspecified atom stereocenters. The first-order valence-corrected chi connectivity index (χ1v) is 6.29. The van der Waals surface area contributed by atoms with Gasteiger partial charge in [-0.15, -0.1) is 11.8 Å². The minimum absolute atomic E-state index is 0.108. The highest BCUT2D eigenvalue weighted by Crippen LogP contribution is 2.20. The number of nitrogens with zero attached hydrogens (tertiary/aromatic N) is 2. The summed E-state index contributed by atoms with van der Waals surface area (Å²) in [5.74, 6) is 0.264. The second-order valence-corrected chi connectivity index (χ2v) is 4.22. The molecule has 0 atom stereocenters. The van der Waals surface area contributed by atoms with E-state index >= 15 is 0 Å². The lowest BCUT2D eigenvalue weighted by atomic mass is 10.1. The summed E-state index contributed by atoms with van der Waals surface area (Å²) in [6.45, 7) is 0. The van der Waals surface area contributed by atoms with Crippen molar-refractivity contribution >= 4 is 23.6 Å². The third-order valence-electron chi connectivity index (χ3n) is 2.22. The van der Waals surface area contributed by atoms with Crippen LogP contribution in [0.4, 0.5) is 5.95 Å². The van der Waals surface area contributed by atoms with Crippen LogP contribution < -0.4 is 5.32 Å². The van der Waals surface area contributed by atoms with Gasteiger partial charge < -0.3 is 0 Å². The number of carbonyl (C=O) groups is 1. The molecule has 0 aliphatic rings. The Bertz CT molecular complexity index is 498. The van der Waals surface area contributed by atoms with E-state index in [1.54, 1.807) is 11.8 Å². The van der Waals surface area contributed by atoms with E-state index in [1.165, 1.54) is 6.33 Å². The van der Waals surface area contributed by atoms with Gasteiger partial charge in [0.05, 0.1) is 6.42 Å². The molecule has 1 aromatic heterocycles. The Balaban J connectivity index is 2.03. The maximum Gasteiger partial charge on any atom is 0.231 e. The van der Waals surface area contributed by atoms with E-state index in [2.05, 4.69) is 20.5 Å². The van der Waals surface area contributed by atoms with Crippen molar-refractivity contribution in [2.75, 3.05) is 11.6 Å². The van der Waals surface area contributed by atoms with E-state index in [1.807, 2.05) is 30.5 Å². The summed E-state index contributed by atoms with van der Waals surface area (Å²) in [5.41, 5.74) is 1.01. The van der Waals surface area contributed by atoms with Gasteiger partial charge in [0.2, 0.25) is 11.9 Å². The van der Waals surface area contributed by atoms with Crippen LogP contribution in [0.3, 0.4) is 0 Å². The average Bonchev–Trinajstić information content (AvgIpc) is 2.82. The molecule has 0 fully saturated rings. The number of H-pyrrole nitrogens is 1. The zero-order valence-electron chi connectivity index (χ0n) is 9.30. The van der Waals surface area contributed by atoms with E-state index < -0.39 is 0 Å². The molecular weight excluding hydrogens is 236 g/mol. The maximum absolute atomic E-state index is 11.7. The molecule has 2 N–H and O–H groups in total. The third kappa shape index (κ3) is 3.07. The minimum atomic E-state index is -0.108. The first kappa shape index (κ1) is 11.7. The van der Waals surface area contributed by atoms with Gasteiger partial charge in [0.25, 0.3) is 0 Å². The number of rotatable bonds is 4. The van der Waals surface area contributed by atoms with Crippen LogP contribution in [0, 0.1) is 0 Å². The number of hydrogen-bond donors (Lipinski definition) is 2. The Morgan fingerprint density at radius 2 is 2.29 bits per heavy atom. The van der Waals surface area contributed by atoms with Gasteiger partial charge in [-0.25, -0.2) is 5.10 Å². The molecule has 0 radical (unpaired) electrons. The van der Waals surface area contributed by atoms with Gasteiger partial charge in [-0.05, 0) is 17.9 Å². The van der Waals surface area contributed by atoms with Gasteiger partial charge in [0.1, 0.15) is 6.33 Å². The Labute approximate surface area is 103 Å². The third-order valence-corrected chi connectivity index (χ3v) is 3.05. The number of benzene rings is 1. The van der Waals surface area contributed by atoms with Crippen molar-refractivity contribution in [1.29, 1.82) is 0 Å². The van der Waals surface area contributed by atoms with Gasteiger partial charge in [-0.1, -0.05) is 18.2 Å². The molecule has 0 bridgehead atoms. The first-order chi connectivity index (χ1) is 8.29. The lowest BCUT2D eigenvalue weighted by molar-refractivity contribution is -0.115. The van der Waals surface area contributed by atoms with Crippen LogP contribution in [0.15, 0.2) is 35.5 Å². The number of amides is 1. The van der Waals surface area contributed by atoms with Crippen molar-refractivity contribution < 1.29 is 4.79 Å². The lowest BCUT2D eigenvalue weighted by Crippen LogP contribution is -2.15. The summed E-state index contributed by atoms with van der Waals surface area (Å²) in [6, 6.07) is 7.84. The number of aromatic amines is 1. The fourth-order valence-electron chi connectivity index (χ4n) is 1.46. The predicted octanol–water partition coefficient (Wildman–Crippen LogP) is 1.71. The number of aromatic nitrogens is 3. The molecule has 2 rings (SSSR count). The van der Waals surface area contributed by atoms with Crippen molar-refractivity contribution in [3.05, 3.63) is 36.2 Å². The SMILES string of the molecule is CSc1ccccc1CC(=O)Nc1ncn[nH]1. The second kappa shape index (κ2) is 5.49. The number of anilines is 1. The quantitative estimate of drug-likeness (QED) is 0.808. The summed E-state index contributed by atoms with van der Waals surface area (Å²) < 4.78 is 0. The molecule has 2 aromatic rings. The fraction of sp³-hybridized carbons (Fsp3) is 0.182. The molecule has 5 nitrogen and oxygen atoms in total. The van der Waals surface area contributed by atoms with Gasteiger partial charge in [0.15, 0.2) is 0 Å². The monoisotopic (exact) mass is 248 g/mol. The average molecular weight is 248 g/mol. The molecule has 88 valence electrons. The molecule has 1 amide bonds. The predicted molar refractivity (Wildman–Crippen MR) is 66.9 cm³/mol. The van der Waals surface area contributed by atoms with E-state index in [4.69, 9.17) is 0 Å². The molecule has 6 heteroatoms. The highest BCUT2D eigenvalue weighted by molar-refractivity contribution is 7.98. The van der Waals surface area contributed by atoms with E-state index in [0.29, 0.717) is 12.4 Å². The van der Waals surface area contributed by atoms with E-state index in [9.17, 15) is 4.79 Å². The fourth-order valence-corrected chi connectivity index (χ4v) is 2.08. The summed E-state index contributed by atoms with van der Waals surface area (Å²) in [5, 5.41) is 8.89. The normalized spacial score (nSPS) is 10.2. The van der Waals surface area contributed by atoms with Crippen molar-refractivity contribution in [3.63, 3.8) is 0 Å². The molecule has 1 heterocycles. The van der Waals surface area contributed by atoms with Gasteiger partial charge in [-0.2, -0.15) is 10.1 Å². The van der Waals surface area contributed by atoms with Crippen LogP contribution in [-0.4, -0.2) is 27.3 Å². The number of hydrogen-bond acceptors (Lipinski definition) is 4. The lowest BCUT2D eigenvalue weighted by Gasteiger charge is -2.06. The van der Waals surface area contributed by atoms with Crippen molar-refractivity contribution in [2.24, 2.45) is 0 Å². The summed E-state index contributed by atoms with van der Waals surface area (Å²) >= 11 is 1.63. The Morgan fingerprint density at radius 3 is 3.00 bits per heavy atom. The zero-order valence-corrected chi connectivity index (χ0v) is 10.1. The molecular formula is C11H12N4OS. The molecule has 0 aliphatic heterocycles. The van der Waals surface area contributed by atoms with Crippen molar-refractivity contribution in [3.8, 4) is 0 Å². The molecule has 17 heavy (non-hydrogen) atoms. The van der Waals surface area contributed by atoms with Gasteiger partial charge in [-0.3, -0.25) is 10.1 Å². The largest absolute Gasteiger partial charge is 0.295 e. The number of carbonyl (C=O) groups excluding carboxylic acids is 1. The molecule has 0 spiro atoms. The topological polar surface area (TPSA) is 70.7 Å². The van der Waals surface area contributed by atoms with Crippen LogP contribution in [-0.2, 0) is 11.2 Å². The molecule has 0 saturated carbocycles. The van der Waals surface area contributed by atoms with E-state index in [-0.39, 0.29) is 5.91 Å². The van der Waals surface area contributed by atoms with Crippen LogP contribution in [0.25, 0.3) is 0 Å². The Morgan fingerprint density at radius 1 is 1.47 bits per heavy atom. The van der Waals surface area contributed by atoms with Crippen LogP contribution in [0.5, 0.6) is 0 Å². The number of thioether (sulfide) groups is 1. The van der Waals surface area contributed by atoms with Crippen LogP contribution >= 0.6 is 11.8 Å². The van der Waals surface area contributed by atoms with Crippen LogP contribution in [0.2, 0.25) is 0 Å². The highest BCUT2D eigenvalue weighted by Gasteiger charge is 2.08. The molecule has 0 saturated heterocycles. The van der Waals surface area contributed by atoms with Crippen molar-refractivity contribution in [1.82, 2.24) is 15.2 Å². The Hall–Kier alpha value is -1.82. The maximum atomic E-state index is 11.7. The number of nitrogens with one attached hydrogen (secondary N) is 2. The van der Waals surface area contributed by atoms with E-state index in [0.717, 1.165) is 10.5 Å². The summed E-state index contributed by atoms with van der Waals surface area (Å²) in [4.78, 5) is 16.7. The molecule has 0 aliphatic carbocycles. The summed E-state index contributed by atoms with van der Waals surface area (Å²) in [6.07, 6.45) is 3.68. The zero-order chi connectivity index (χ0) is 12.1. The smallest absolute Gasteiger partial charge is 0.231 e. The minimum Gasteiger partial charge on any atom is -0.295 e. The van der Waals surface area contributed by atoms with Crippen molar-refractivity contribution in [2.45, 2.75) is 11.3 Å². The second-order valence-electron chi connectivity index (χ2n) is 3.37. The van der Waals surface area contributed by atoms with Gasteiger partial charge in [0, 0.05) is 4.90 Å². The summed E-state index contributed by atoms with van der Waals surface area (Å²) in [7, 11) is 0. The van der Waals surface area contributed by atoms with Crippen LogP contribution in [0.1, 0.15) is 5.56 Å². The van der Waals surface area contributed by atoms with Gasteiger partial charge >= 0.3 is 0 Å². The Kier molecular flexibility index (Phi) is 3.77. The first-order valence-electron chi connectivity index (χ1n) is 5.06.